The molecule has 1 fully saturated rings. The number of hydrogen-bond donors (Lipinski definition) is 1. The lowest BCUT2D eigenvalue weighted by molar-refractivity contribution is -0.144. The number of likely N-dealkylation sites (N-methyl/N-ethyl adjacent to an activating group) is 1. The number of rotatable bonds is 4. The number of carbonyl (C=O) groups excluding carboxylic acids is 1. The van der Waals surface area contributed by atoms with Crippen LogP contribution in [0.15, 0.2) is 24.3 Å². The first-order valence-corrected chi connectivity index (χ1v) is 6.09. The maximum atomic E-state index is 12.0. The predicted octanol–water partition coefficient (Wildman–Crippen LogP) is 1.99. The van der Waals surface area contributed by atoms with Crippen molar-refractivity contribution in [2.24, 2.45) is 5.92 Å². The van der Waals surface area contributed by atoms with Crippen molar-refractivity contribution in [1.82, 2.24) is 4.90 Å². The van der Waals surface area contributed by atoms with Gasteiger partial charge in [0.05, 0.1) is 0 Å². The monoisotopic (exact) mass is 267 g/mol. The molecule has 5 heteroatoms. The van der Waals surface area contributed by atoms with Gasteiger partial charge < -0.3 is 10.0 Å². The van der Waals surface area contributed by atoms with Gasteiger partial charge in [0.15, 0.2) is 0 Å². The van der Waals surface area contributed by atoms with Gasteiger partial charge in [-0.15, -0.1) is 0 Å². The summed E-state index contributed by atoms with van der Waals surface area (Å²) < 4.78 is 0. The minimum absolute atomic E-state index is 0.123. The van der Waals surface area contributed by atoms with E-state index in [-0.39, 0.29) is 24.3 Å². The van der Waals surface area contributed by atoms with Crippen LogP contribution >= 0.6 is 11.6 Å². The fourth-order valence-electron chi connectivity index (χ4n) is 2.15. The van der Waals surface area contributed by atoms with Crippen LogP contribution in [0, 0.1) is 5.92 Å². The summed E-state index contributed by atoms with van der Waals surface area (Å²) >= 11 is 6.07. The molecule has 0 saturated heterocycles. The van der Waals surface area contributed by atoms with E-state index < -0.39 is 5.97 Å². The first kappa shape index (κ1) is 12.9. The third-order valence-corrected chi connectivity index (χ3v) is 3.51. The predicted molar refractivity (Wildman–Crippen MR) is 67.6 cm³/mol. The second-order valence-electron chi connectivity index (χ2n) is 4.56. The van der Waals surface area contributed by atoms with E-state index in [1.165, 1.54) is 11.9 Å². The second-order valence-corrected chi connectivity index (χ2v) is 4.97. The van der Waals surface area contributed by atoms with Gasteiger partial charge in [-0.2, -0.15) is 0 Å². The third-order valence-electron chi connectivity index (χ3n) is 3.16. The van der Waals surface area contributed by atoms with Crippen LogP contribution in [-0.2, 0) is 9.59 Å². The average molecular weight is 268 g/mol. The summed E-state index contributed by atoms with van der Waals surface area (Å²) in [6.45, 7) is -0.259. The molecule has 1 aromatic rings. The molecule has 1 amide bonds. The quantitative estimate of drug-likeness (QED) is 0.908. The third kappa shape index (κ3) is 2.64. The van der Waals surface area contributed by atoms with Crippen molar-refractivity contribution in [2.75, 3.05) is 13.6 Å². The zero-order valence-electron chi connectivity index (χ0n) is 9.97. The van der Waals surface area contributed by atoms with E-state index >= 15 is 0 Å². The van der Waals surface area contributed by atoms with Crippen molar-refractivity contribution in [3.63, 3.8) is 0 Å². The smallest absolute Gasteiger partial charge is 0.323 e. The molecule has 18 heavy (non-hydrogen) atoms. The minimum atomic E-state index is -0.999. The Labute approximate surface area is 110 Å². The van der Waals surface area contributed by atoms with Crippen molar-refractivity contribution in [1.29, 1.82) is 0 Å². The topological polar surface area (TPSA) is 57.6 Å². The van der Waals surface area contributed by atoms with Crippen LogP contribution in [0.2, 0.25) is 5.02 Å². The molecule has 0 aromatic heterocycles. The molecule has 0 spiro atoms. The SMILES string of the molecule is CN(CC(=O)O)C(=O)[C@H]1C[C@@H]1c1ccccc1Cl. The Bertz CT molecular complexity index is 489. The molecule has 0 unspecified atom stereocenters. The molecule has 0 bridgehead atoms. The number of halogens is 1. The summed E-state index contributed by atoms with van der Waals surface area (Å²) in [6.07, 6.45) is 0.743. The van der Waals surface area contributed by atoms with Gasteiger partial charge in [0.25, 0.3) is 0 Å². The van der Waals surface area contributed by atoms with Crippen LogP contribution in [-0.4, -0.2) is 35.5 Å². The van der Waals surface area contributed by atoms with Crippen LogP contribution < -0.4 is 0 Å². The Morgan fingerprint density at radius 3 is 2.72 bits per heavy atom. The molecule has 1 saturated carbocycles. The van der Waals surface area contributed by atoms with E-state index in [1.54, 1.807) is 6.07 Å². The van der Waals surface area contributed by atoms with Crippen molar-refractivity contribution in [2.45, 2.75) is 12.3 Å². The summed E-state index contributed by atoms with van der Waals surface area (Å²) in [4.78, 5) is 23.8. The van der Waals surface area contributed by atoms with Gasteiger partial charge >= 0.3 is 5.97 Å². The first-order chi connectivity index (χ1) is 8.50. The summed E-state index contributed by atoms with van der Waals surface area (Å²) in [5, 5.41) is 9.31. The van der Waals surface area contributed by atoms with E-state index in [0.29, 0.717) is 5.02 Å². The second kappa shape index (κ2) is 4.98. The van der Waals surface area contributed by atoms with Crippen LogP contribution in [0.1, 0.15) is 17.9 Å². The molecule has 0 heterocycles. The van der Waals surface area contributed by atoms with Crippen molar-refractivity contribution >= 4 is 23.5 Å². The highest BCUT2D eigenvalue weighted by Crippen LogP contribution is 2.50. The largest absolute Gasteiger partial charge is 0.480 e. The lowest BCUT2D eigenvalue weighted by Gasteiger charge is -2.14. The van der Waals surface area contributed by atoms with E-state index in [1.807, 2.05) is 18.2 Å². The number of carboxylic acid groups (broad SMARTS) is 1. The lowest BCUT2D eigenvalue weighted by atomic mass is 10.1. The molecule has 0 radical (unpaired) electrons. The molecule has 4 nitrogen and oxygen atoms in total. The zero-order chi connectivity index (χ0) is 13.3. The van der Waals surface area contributed by atoms with Crippen molar-refractivity contribution < 1.29 is 14.7 Å². The fourth-order valence-corrected chi connectivity index (χ4v) is 2.43. The number of hydrogen-bond acceptors (Lipinski definition) is 2. The van der Waals surface area contributed by atoms with Gasteiger partial charge in [-0.25, -0.2) is 0 Å². The zero-order valence-corrected chi connectivity index (χ0v) is 10.7. The van der Waals surface area contributed by atoms with Crippen LogP contribution in [0.25, 0.3) is 0 Å². The van der Waals surface area contributed by atoms with E-state index in [2.05, 4.69) is 0 Å². The van der Waals surface area contributed by atoms with E-state index in [0.717, 1.165) is 12.0 Å². The average Bonchev–Trinajstić information content (AvgIpc) is 3.07. The summed E-state index contributed by atoms with van der Waals surface area (Å²) in [7, 11) is 1.51. The van der Waals surface area contributed by atoms with Crippen molar-refractivity contribution in [3.8, 4) is 0 Å². The molecule has 0 aliphatic heterocycles. The molecule has 96 valence electrons. The highest BCUT2D eigenvalue weighted by molar-refractivity contribution is 6.31. The van der Waals surface area contributed by atoms with Crippen LogP contribution in [0.4, 0.5) is 0 Å². The Morgan fingerprint density at radius 2 is 2.11 bits per heavy atom. The van der Waals surface area contributed by atoms with Gasteiger partial charge in [-0.1, -0.05) is 29.8 Å². The van der Waals surface area contributed by atoms with Gasteiger partial charge in [0.2, 0.25) is 5.91 Å². The molecule has 1 N–H and O–H groups in total. The Kier molecular flexibility index (Phi) is 3.57. The van der Waals surface area contributed by atoms with Gasteiger partial charge in [0, 0.05) is 18.0 Å². The molecule has 1 aliphatic carbocycles. The van der Waals surface area contributed by atoms with Crippen molar-refractivity contribution in [3.05, 3.63) is 34.9 Å². The van der Waals surface area contributed by atoms with Crippen LogP contribution in [0.5, 0.6) is 0 Å². The number of benzene rings is 1. The fraction of sp³-hybridized carbons (Fsp3) is 0.385. The van der Waals surface area contributed by atoms with Crippen LogP contribution in [0.3, 0.4) is 0 Å². The lowest BCUT2D eigenvalue weighted by Crippen LogP contribution is -2.33. The minimum Gasteiger partial charge on any atom is -0.480 e. The molecular formula is C13H14ClNO3. The number of aliphatic carboxylic acids is 1. The molecule has 1 aliphatic rings. The Morgan fingerprint density at radius 1 is 1.44 bits per heavy atom. The maximum absolute atomic E-state index is 12.0. The summed E-state index contributed by atoms with van der Waals surface area (Å²) in [6, 6.07) is 7.46. The Hall–Kier alpha value is -1.55. The Balaban J connectivity index is 2.01. The first-order valence-electron chi connectivity index (χ1n) is 5.72. The molecule has 2 rings (SSSR count). The van der Waals surface area contributed by atoms with Gasteiger partial charge in [-0.3, -0.25) is 9.59 Å². The standard InChI is InChI=1S/C13H14ClNO3/c1-15(7-12(16)17)13(18)10-6-9(10)8-4-2-3-5-11(8)14/h2-5,9-10H,6-7H2,1H3,(H,16,17)/t9-,10+/m1/s1. The van der Waals surface area contributed by atoms with Gasteiger partial charge in [0.1, 0.15) is 6.54 Å². The number of carbonyl (C=O) groups is 2. The maximum Gasteiger partial charge on any atom is 0.323 e. The number of carboxylic acids is 1. The highest BCUT2D eigenvalue weighted by Gasteiger charge is 2.46. The summed E-state index contributed by atoms with van der Waals surface area (Å²) in [5.74, 6) is -1.13. The molecule has 2 atom stereocenters. The summed E-state index contributed by atoms with van der Waals surface area (Å²) in [5.41, 5.74) is 0.973. The van der Waals surface area contributed by atoms with Gasteiger partial charge in [-0.05, 0) is 24.0 Å². The molecule has 1 aromatic carbocycles. The normalized spacial score (nSPS) is 21.4. The number of nitrogens with zero attached hydrogens (tertiary/aromatic N) is 1. The highest BCUT2D eigenvalue weighted by atomic mass is 35.5. The van der Waals surface area contributed by atoms with E-state index in [9.17, 15) is 9.59 Å². The van der Waals surface area contributed by atoms with E-state index in [4.69, 9.17) is 16.7 Å². The molecular weight excluding hydrogens is 254 g/mol. The number of amides is 1.